The zero-order chi connectivity index (χ0) is 16.6. The minimum atomic E-state index is -1.13. The minimum absolute atomic E-state index is 0.0174. The van der Waals surface area contributed by atoms with Crippen LogP contribution >= 0.6 is 0 Å². The Morgan fingerprint density at radius 3 is 2.70 bits per heavy atom. The summed E-state index contributed by atoms with van der Waals surface area (Å²) in [6.07, 6.45) is 4.54. The summed E-state index contributed by atoms with van der Waals surface area (Å²) in [6, 6.07) is 1.48. The first-order chi connectivity index (χ1) is 11.0. The highest BCUT2D eigenvalue weighted by Gasteiger charge is 2.40. The summed E-state index contributed by atoms with van der Waals surface area (Å²) >= 11 is 0. The van der Waals surface area contributed by atoms with E-state index in [0.717, 1.165) is 5.69 Å². The zero-order valence-electron chi connectivity index (χ0n) is 12.7. The van der Waals surface area contributed by atoms with Gasteiger partial charge in [0.05, 0.1) is 30.2 Å². The van der Waals surface area contributed by atoms with E-state index in [1.165, 1.54) is 12.4 Å². The lowest BCUT2D eigenvalue weighted by molar-refractivity contribution is -0.127. The highest BCUT2D eigenvalue weighted by atomic mass is 16.4. The Hall–Kier alpha value is -2.97. The van der Waals surface area contributed by atoms with Gasteiger partial charge in [0, 0.05) is 26.7 Å². The first-order valence-corrected chi connectivity index (χ1v) is 7.03. The third-order valence-corrected chi connectivity index (χ3v) is 3.95. The molecule has 2 N–H and O–H groups in total. The number of nitrogens with zero attached hydrogens (tertiary/aromatic N) is 5. The van der Waals surface area contributed by atoms with E-state index in [0.29, 0.717) is 12.2 Å². The summed E-state index contributed by atoms with van der Waals surface area (Å²) in [5.74, 6) is -0.688. The molecule has 1 saturated heterocycles. The Morgan fingerprint density at radius 1 is 1.35 bits per heavy atom. The number of carboxylic acids is 1. The summed E-state index contributed by atoms with van der Waals surface area (Å²) < 4.78 is 1.73. The second-order valence-electron chi connectivity index (χ2n) is 5.38. The van der Waals surface area contributed by atoms with Crippen molar-refractivity contribution >= 4 is 17.7 Å². The lowest BCUT2D eigenvalue weighted by atomic mass is 10.1. The fourth-order valence-electron chi connectivity index (χ4n) is 2.78. The topological polar surface area (TPSA) is 113 Å². The minimum Gasteiger partial charge on any atom is -0.476 e. The van der Waals surface area contributed by atoms with Crippen molar-refractivity contribution in [2.24, 2.45) is 7.05 Å². The molecule has 0 aliphatic carbocycles. The molecule has 3 heterocycles. The smallest absolute Gasteiger partial charge is 0.356 e. The van der Waals surface area contributed by atoms with Crippen LogP contribution in [0.2, 0.25) is 0 Å². The molecule has 1 aliphatic rings. The molecule has 9 nitrogen and oxygen atoms in total. The van der Waals surface area contributed by atoms with E-state index >= 15 is 0 Å². The number of rotatable bonds is 4. The van der Waals surface area contributed by atoms with Crippen LogP contribution in [0.15, 0.2) is 24.7 Å². The van der Waals surface area contributed by atoms with Crippen LogP contribution in [0.4, 0.5) is 5.82 Å². The largest absolute Gasteiger partial charge is 0.476 e. The highest BCUT2D eigenvalue weighted by Crippen LogP contribution is 2.33. The highest BCUT2D eigenvalue weighted by molar-refractivity contribution is 5.85. The van der Waals surface area contributed by atoms with Crippen LogP contribution in [-0.2, 0) is 11.8 Å². The van der Waals surface area contributed by atoms with Gasteiger partial charge in [-0.15, -0.1) is 0 Å². The molecular weight excluding hydrogens is 300 g/mol. The number of carbonyl (C=O) groups excluding carboxylic acids is 1. The molecule has 0 aromatic carbocycles. The zero-order valence-corrected chi connectivity index (χ0v) is 12.7. The number of amides is 1. The van der Waals surface area contributed by atoms with Crippen molar-refractivity contribution in [1.29, 1.82) is 0 Å². The van der Waals surface area contributed by atoms with E-state index in [1.54, 1.807) is 22.8 Å². The predicted molar refractivity (Wildman–Crippen MR) is 79.7 cm³/mol. The van der Waals surface area contributed by atoms with E-state index in [-0.39, 0.29) is 23.7 Å². The van der Waals surface area contributed by atoms with E-state index in [2.05, 4.69) is 20.4 Å². The van der Waals surface area contributed by atoms with Gasteiger partial charge in [0.25, 0.3) is 0 Å². The summed E-state index contributed by atoms with van der Waals surface area (Å²) in [4.78, 5) is 32.4. The molecule has 0 radical (unpaired) electrons. The van der Waals surface area contributed by atoms with Gasteiger partial charge in [-0.05, 0) is 6.07 Å². The third-order valence-electron chi connectivity index (χ3n) is 3.95. The molecule has 23 heavy (non-hydrogen) atoms. The molecule has 9 heteroatoms. The quantitative estimate of drug-likeness (QED) is 0.833. The SMILES string of the molecule is CN1C(=O)C[C@@H](Nc2cnc(C(=O)O)cn2)[C@@H]1c1ccnn1C. The molecule has 0 unspecified atom stereocenters. The van der Waals surface area contributed by atoms with Crippen molar-refractivity contribution in [3.05, 3.63) is 36.0 Å². The molecule has 120 valence electrons. The normalized spacial score (nSPS) is 20.8. The standard InChI is InChI=1S/C14H16N6O3/c1-19-12(21)5-8(13(19)10-3-4-17-20(10)2)18-11-7-15-9(6-16-11)14(22)23/h3-4,6-8,13H,5H2,1-2H3,(H,16,18)(H,22,23)/t8-,13-/m1/s1. The molecule has 0 bridgehead atoms. The van der Waals surface area contributed by atoms with Crippen LogP contribution in [0.25, 0.3) is 0 Å². The number of carbonyl (C=O) groups is 2. The molecule has 0 saturated carbocycles. The molecule has 1 amide bonds. The monoisotopic (exact) mass is 316 g/mol. The summed E-state index contributed by atoms with van der Waals surface area (Å²) in [5.41, 5.74) is 0.782. The Bertz CT molecular complexity index is 741. The van der Waals surface area contributed by atoms with Gasteiger partial charge in [-0.1, -0.05) is 0 Å². The van der Waals surface area contributed by atoms with Crippen molar-refractivity contribution in [1.82, 2.24) is 24.6 Å². The van der Waals surface area contributed by atoms with E-state index in [9.17, 15) is 9.59 Å². The van der Waals surface area contributed by atoms with Gasteiger partial charge in [0.1, 0.15) is 5.82 Å². The van der Waals surface area contributed by atoms with Gasteiger partial charge in [-0.2, -0.15) is 5.10 Å². The van der Waals surface area contributed by atoms with Crippen molar-refractivity contribution in [2.45, 2.75) is 18.5 Å². The van der Waals surface area contributed by atoms with Gasteiger partial charge in [-0.3, -0.25) is 9.48 Å². The van der Waals surface area contributed by atoms with Gasteiger partial charge >= 0.3 is 5.97 Å². The molecule has 2 aromatic rings. The van der Waals surface area contributed by atoms with E-state index in [4.69, 9.17) is 5.11 Å². The van der Waals surface area contributed by atoms with Gasteiger partial charge < -0.3 is 15.3 Å². The fraction of sp³-hybridized carbons (Fsp3) is 0.357. The van der Waals surface area contributed by atoms with Gasteiger partial charge in [-0.25, -0.2) is 14.8 Å². The number of nitrogens with one attached hydrogen (secondary N) is 1. The molecule has 3 rings (SSSR count). The Kier molecular flexibility index (Phi) is 3.68. The average Bonchev–Trinajstić information content (AvgIpc) is 3.04. The number of hydrogen-bond donors (Lipinski definition) is 2. The summed E-state index contributed by atoms with van der Waals surface area (Å²) in [6.45, 7) is 0. The van der Waals surface area contributed by atoms with E-state index < -0.39 is 5.97 Å². The number of aromatic nitrogens is 4. The average molecular weight is 316 g/mol. The van der Waals surface area contributed by atoms with Crippen molar-refractivity contribution in [3.8, 4) is 0 Å². The van der Waals surface area contributed by atoms with Gasteiger partial charge in [0.2, 0.25) is 5.91 Å². The molecule has 0 spiro atoms. The number of anilines is 1. The summed E-state index contributed by atoms with van der Waals surface area (Å²) in [7, 11) is 3.57. The Labute approximate surface area is 132 Å². The third kappa shape index (κ3) is 2.72. The number of aromatic carboxylic acids is 1. The Balaban J connectivity index is 1.84. The second kappa shape index (κ2) is 5.67. The van der Waals surface area contributed by atoms with Crippen LogP contribution in [0, 0.1) is 0 Å². The first kappa shape index (κ1) is 14.9. The molecule has 2 atom stereocenters. The number of carboxylic acid groups (broad SMARTS) is 1. The molecule has 1 fully saturated rings. The molecule has 2 aromatic heterocycles. The maximum Gasteiger partial charge on any atom is 0.356 e. The molecular formula is C14H16N6O3. The molecule has 1 aliphatic heterocycles. The van der Waals surface area contributed by atoms with Gasteiger partial charge in [0.15, 0.2) is 5.69 Å². The van der Waals surface area contributed by atoms with Crippen molar-refractivity contribution in [3.63, 3.8) is 0 Å². The predicted octanol–water partition coefficient (Wildman–Crippen LogP) is 0.292. The number of likely N-dealkylation sites (N-methyl/N-ethyl adjacent to an activating group) is 1. The number of aryl methyl sites for hydroxylation is 1. The van der Waals surface area contributed by atoms with Crippen LogP contribution in [-0.4, -0.2) is 54.7 Å². The summed E-state index contributed by atoms with van der Waals surface area (Å²) in [5, 5.41) is 16.2. The van der Waals surface area contributed by atoms with Crippen molar-refractivity contribution in [2.75, 3.05) is 12.4 Å². The maximum absolute atomic E-state index is 12.1. The number of likely N-dealkylation sites (tertiary alicyclic amines) is 1. The van der Waals surface area contributed by atoms with E-state index in [1.807, 2.05) is 13.1 Å². The Morgan fingerprint density at radius 2 is 2.13 bits per heavy atom. The van der Waals surface area contributed by atoms with Crippen LogP contribution < -0.4 is 5.32 Å². The second-order valence-corrected chi connectivity index (χ2v) is 5.38. The first-order valence-electron chi connectivity index (χ1n) is 7.03. The van der Waals surface area contributed by atoms with Crippen molar-refractivity contribution < 1.29 is 14.7 Å². The fourth-order valence-corrected chi connectivity index (χ4v) is 2.78. The lowest BCUT2D eigenvalue weighted by Crippen LogP contribution is -2.31. The van der Waals surface area contributed by atoms with Crippen LogP contribution in [0.3, 0.4) is 0 Å². The lowest BCUT2D eigenvalue weighted by Gasteiger charge is -2.25. The maximum atomic E-state index is 12.1. The van der Waals surface area contributed by atoms with Crippen LogP contribution in [0.5, 0.6) is 0 Å². The number of hydrogen-bond acceptors (Lipinski definition) is 6. The van der Waals surface area contributed by atoms with Crippen LogP contribution in [0.1, 0.15) is 28.6 Å².